The highest BCUT2D eigenvalue weighted by atomic mass is 16.5. The van der Waals surface area contributed by atoms with Crippen LogP contribution in [-0.4, -0.2) is 31.3 Å². The molecule has 1 heterocycles. The van der Waals surface area contributed by atoms with Gasteiger partial charge >= 0.3 is 0 Å². The van der Waals surface area contributed by atoms with Crippen molar-refractivity contribution in [3.63, 3.8) is 0 Å². The first-order valence-corrected chi connectivity index (χ1v) is 9.38. The predicted octanol–water partition coefficient (Wildman–Crippen LogP) is 4.96. The van der Waals surface area contributed by atoms with Gasteiger partial charge in [0.1, 0.15) is 0 Å². The lowest BCUT2D eigenvalue weighted by Crippen LogP contribution is -2.27. The van der Waals surface area contributed by atoms with Crippen molar-refractivity contribution in [3.8, 4) is 11.3 Å². The Kier molecular flexibility index (Phi) is 5.23. The van der Waals surface area contributed by atoms with E-state index < -0.39 is 0 Å². The average Bonchev–Trinajstić information content (AvgIpc) is 3.07. The van der Waals surface area contributed by atoms with Gasteiger partial charge in [-0.15, -0.1) is 0 Å². The normalized spacial score (nSPS) is 14.5. The van der Waals surface area contributed by atoms with E-state index in [2.05, 4.69) is 52.8 Å². The minimum Gasteiger partial charge on any atom is -0.382 e. The van der Waals surface area contributed by atoms with E-state index in [9.17, 15) is 0 Å². The Morgan fingerprint density at radius 2 is 1.92 bits per heavy atom. The Labute approximate surface area is 154 Å². The van der Waals surface area contributed by atoms with Crippen molar-refractivity contribution in [1.29, 1.82) is 0 Å². The molecule has 1 aromatic heterocycles. The molecule has 0 aliphatic heterocycles. The number of aromatic amines is 1. The average molecular weight is 350 g/mol. The third kappa shape index (κ3) is 3.76. The van der Waals surface area contributed by atoms with Crippen LogP contribution in [0.25, 0.3) is 22.2 Å². The number of anilines is 1. The van der Waals surface area contributed by atoms with Crippen molar-refractivity contribution in [2.24, 2.45) is 0 Å². The first-order chi connectivity index (χ1) is 12.8. The zero-order valence-electron chi connectivity index (χ0n) is 15.3. The number of H-pyrrole nitrogens is 1. The van der Waals surface area contributed by atoms with Gasteiger partial charge in [0.05, 0.1) is 31.0 Å². The van der Waals surface area contributed by atoms with Gasteiger partial charge in [0.2, 0.25) is 0 Å². The van der Waals surface area contributed by atoms with Crippen LogP contribution in [0.1, 0.15) is 24.8 Å². The lowest BCUT2D eigenvalue weighted by molar-refractivity contribution is 0.0617. The summed E-state index contributed by atoms with van der Waals surface area (Å²) in [5, 5.41) is 4.94. The molecule has 0 spiro atoms. The SMILES string of the molecule is COCCOCc1cc(NC2CCC2)c2[nH]c(-c3ccccc3)cc2c1. The molecule has 4 rings (SSSR count). The number of benzene rings is 2. The van der Waals surface area contributed by atoms with Crippen molar-refractivity contribution in [2.45, 2.75) is 31.9 Å². The maximum Gasteiger partial charge on any atom is 0.0719 e. The van der Waals surface area contributed by atoms with Crippen LogP contribution in [0.5, 0.6) is 0 Å². The third-order valence-corrected chi connectivity index (χ3v) is 5.04. The molecule has 3 aromatic rings. The third-order valence-electron chi connectivity index (χ3n) is 5.04. The second-order valence-electron chi connectivity index (χ2n) is 6.97. The molecule has 4 nitrogen and oxygen atoms in total. The molecule has 2 N–H and O–H groups in total. The van der Waals surface area contributed by atoms with E-state index in [0.29, 0.717) is 25.9 Å². The highest BCUT2D eigenvalue weighted by Crippen LogP contribution is 2.33. The molecule has 0 unspecified atom stereocenters. The quantitative estimate of drug-likeness (QED) is 0.564. The van der Waals surface area contributed by atoms with E-state index in [1.807, 2.05) is 6.07 Å². The number of methoxy groups -OCH3 is 1. The molecular weight excluding hydrogens is 324 g/mol. The lowest BCUT2D eigenvalue weighted by atomic mass is 9.93. The fourth-order valence-corrected chi connectivity index (χ4v) is 3.38. The van der Waals surface area contributed by atoms with Crippen molar-refractivity contribution < 1.29 is 9.47 Å². The summed E-state index contributed by atoms with van der Waals surface area (Å²) in [6, 6.07) is 17.7. The first kappa shape index (κ1) is 17.1. The molecule has 1 saturated carbocycles. The molecule has 0 saturated heterocycles. The van der Waals surface area contributed by atoms with E-state index in [-0.39, 0.29) is 0 Å². The molecule has 1 fully saturated rings. The Bertz CT molecular complexity index is 853. The summed E-state index contributed by atoms with van der Waals surface area (Å²) in [5.74, 6) is 0. The largest absolute Gasteiger partial charge is 0.382 e. The Morgan fingerprint density at radius 3 is 2.65 bits per heavy atom. The van der Waals surface area contributed by atoms with Gasteiger partial charge in [-0.25, -0.2) is 0 Å². The second-order valence-corrected chi connectivity index (χ2v) is 6.97. The van der Waals surface area contributed by atoms with Crippen LogP contribution in [0.15, 0.2) is 48.5 Å². The molecule has 0 amide bonds. The summed E-state index contributed by atoms with van der Waals surface area (Å²) in [6.45, 7) is 1.84. The van der Waals surface area contributed by atoms with Gasteiger partial charge in [0, 0.05) is 24.2 Å². The van der Waals surface area contributed by atoms with Crippen LogP contribution in [0.3, 0.4) is 0 Å². The summed E-state index contributed by atoms with van der Waals surface area (Å²) in [6.07, 6.45) is 3.82. The van der Waals surface area contributed by atoms with E-state index in [1.54, 1.807) is 7.11 Å². The van der Waals surface area contributed by atoms with Gasteiger partial charge in [-0.3, -0.25) is 0 Å². The maximum absolute atomic E-state index is 5.74. The second kappa shape index (κ2) is 7.94. The minimum atomic E-state index is 0.589. The van der Waals surface area contributed by atoms with E-state index in [4.69, 9.17) is 9.47 Å². The molecule has 2 aromatic carbocycles. The monoisotopic (exact) mass is 350 g/mol. The molecule has 136 valence electrons. The molecule has 1 aliphatic carbocycles. The molecule has 26 heavy (non-hydrogen) atoms. The standard InChI is InChI=1S/C22H26N2O2/c1-25-10-11-26-15-16-12-18-14-20(17-6-3-2-4-7-17)24-22(18)21(13-16)23-19-8-5-9-19/h2-4,6-7,12-14,19,23-24H,5,8-11,15H2,1H3. The van der Waals surface area contributed by atoms with Crippen molar-refractivity contribution in [1.82, 2.24) is 4.98 Å². The van der Waals surface area contributed by atoms with Gasteiger partial charge in [0.15, 0.2) is 0 Å². The highest BCUT2D eigenvalue weighted by molar-refractivity contribution is 5.95. The van der Waals surface area contributed by atoms with Gasteiger partial charge in [-0.1, -0.05) is 30.3 Å². The number of nitrogens with one attached hydrogen (secondary N) is 2. The van der Waals surface area contributed by atoms with E-state index in [0.717, 1.165) is 5.69 Å². The minimum absolute atomic E-state index is 0.589. The molecule has 1 aliphatic rings. The number of fused-ring (bicyclic) bond motifs is 1. The summed E-state index contributed by atoms with van der Waals surface area (Å²) in [4.78, 5) is 3.61. The van der Waals surface area contributed by atoms with Crippen LogP contribution < -0.4 is 5.32 Å². The highest BCUT2D eigenvalue weighted by Gasteiger charge is 2.19. The zero-order valence-corrected chi connectivity index (χ0v) is 15.3. The van der Waals surface area contributed by atoms with Gasteiger partial charge in [-0.2, -0.15) is 0 Å². The maximum atomic E-state index is 5.74. The number of hydrogen-bond donors (Lipinski definition) is 2. The lowest BCUT2D eigenvalue weighted by Gasteiger charge is -2.28. The summed E-state index contributed by atoms with van der Waals surface area (Å²) in [5.41, 5.74) is 5.90. The fourth-order valence-electron chi connectivity index (χ4n) is 3.38. The molecule has 0 atom stereocenters. The fraction of sp³-hybridized carbons (Fsp3) is 0.364. The predicted molar refractivity (Wildman–Crippen MR) is 107 cm³/mol. The van der Waals surface area contributed by atoms with E-state index in [1.165, 1.54) is 47.0 Å². The topological polar surface area (TPSA) is 46.3 Å². The number of aromatic nitrogens is 1. The summed E-state index contributed by atoms with van der Waals surface area (Å²) in [7, 11) is 1.70. The van der Waals surface area contributed by atoms with Crippen LogP contribution in [0.4, 0.5) is 5.69 Å². The first-order valence-electron chi connectivity index (χ1n) is 9.38. The van der Waals surface area contributed by atoms with E-state index >= 15 is 0 Å². The Morgan fingerprint density at radius 1 is 1.08 bits per heavy atom. The van der Waals surface area contributed by atoms with Gasteiger partial charge in [0.25, 0.3) is 0 Å². The van der Waals surface area contributed by atoms with Crippen LogP contribution in [0, 0.1) is 0 Å². The van der Waals surface area contributed by atoms with Crippen molar-refractivity contribution >= 4 is 16.6 Å². The Hall–Kier alpha value is -2.30. The van der Waals surface area contributed by atoms with Crippen molar-refractivity contribution in [3.05, 3.63) is 54.1 Å². The number of rotatable bonds is 8. The van der Waals surface area contributed by atoms with Crippen molar-refractivity contribution in [2.75, 3.05) is 25.6 Å². The molecule has 4 heteroatoms. The van der Waals surface area contributed by atoms with Crippen LogP contribution in [0.2, 0.25) is 0 Å². The number of hydrogen-bond acceptors (Lipinski definition) is 3. The van der Waals surface area contributed by atoms with Gasteiger partial charge < -0.3 is 19.8 Å². The van der Waals surface area contributed by atoms with Crippen LogP contribution in [-0.2, 0) is 16.1 Å². The summed E-state index contributed by atoms with van der Waals surface area (Å²) >= 11 is 0. The zero-order chi connectivity index (χ0) is 17.8. The number of ether oxygens (including phenoxy) is 2. The smallest absolute Gasteiger partial charge is 0.0719 e. The summed E-state index contributed by atoms with van der Waals surface area (Å²) < 4.78 is 10.8. The van der Waals surface area contributed by atoms with Crippen LogP contribution >= 0.6 is 0 Å². The Balaban J connectivity index is 1.65. The molecule has 0 bridgehead atoms. The molecular formula is C22H26N2O2. The van der Waals surface area contributed by atoms with Gasteiger partial charge in [-0.05, 0) is 48.6 Å². The molecule has 0 radical (unpaired) electrons.